The first-order valence-corrected chi connectivity index (χ1v) is 6.87. The van der Waals surface area contributed by atoms with Crippen molar-refractivity contribution in [2.75, 3.05) is 0 Å². The molecule has 0 aliphatic rings. The summed E-state index contributed by atoms with van der Waals surface area (Å²) in [6.45, 7) is 5.38. The summed E-state index contributed by atoms with van der Waals surface area (Å²) in [6.07, 6.45) is 0. The van der Waals surface area contributed by atoms with E-state index in [-0.39, 0.29) is 0 Å². The van der Waals surface area contributed by atoms with E-state index in [1.807, 2.05) is 26.0 Å². The zero-order chi connectivity index (χ0) is 15.4. The van der Waals surface area contributed by atoms with Gasteiger partial charge in [0.15, 0.2) is 0 Å². The highest BCUT2D eigenvalue weighted by Crippen LogP contribution is 2.29. The molecule has 0 fully saturated rings. The molecular weight excluding hydrogens is 326 g/mol. The minimum atomic E-state index is -1.33. The van der Waals surface area contributed by atoms with Crippen LogP contribution in [0.25, 0.3) is 0 Å². The molecule has 0 aliphatic heterocycles. The van der Waals surface area contributed by atoms with Gasteiger partial charge in [-0.3, -0.25) is 4.79 Å². The first kappa shape index (κ1) is 16.4. The maximum atomic E-state index is 11.1. The van der Waals surface area contributed by atoms with Gasteiger partial charge in [-0.25, -0.2) is 9.79 Å². The Morgan fingerprint density at radius 3 is 2.20 bits per heavy atom. The molecule has 1 rings (SSSR count). The number of carboxylic acid groups (broad SMARTS) is 2. The summed E-state index contributed by atoms with van der Waals surface area (Å²) in [5.41, 5.74) is 1.09. The molecule has 20 heavy (non-hydrogen) atoms. The fourth-order valence-corrected chi connectivity index (χ4v) is 2.03. The molecule has 0 amide bonds. The standard InChI is InChI=1S/C14H16BrNO4/c1-7(2)9-4-5-11(10(15)6-9)16-12(14(19)20)8(3)13(17)18/h4-8H,1-3H3,(H,17,18)(H,19,20). The number of rotatable bonds is 5. The van der Waals surface area contributed by atoms with Crippen LogP contribution >= 0.6 is 15.9 Å². The monoisotopic (exact) mass is 341 g/mol. The van der Waals surface area contributed by atoms with Gasteiger partial charge in [-0.2, -0.15) is 0 Å². The molecule has 6 heteroatoms. The van der Waals surface area contributed by atoms with Crippen LogP contribution in [0.1, 0.15) is 32.3 Å². The molecule has 108 valence electrons. The number of hydrogen-bond donors (Lipinski definition) is 2. The van der Waals surface area contributed by atoms with E-state index in [1.54, 1.807) is 6.07 Å². The van der Waals surface area contributed by atoms with Crippen molar-refractivity contribution < 1.29 is 19.8 Å². The lowest BCUT2D eigenvalue weighted by molar-refractivity contribution is -0.140. The smallest absolute Gasteiger partial charge is 0.351 e. The van der Waals surface area contributed by atoms with E-state index in [4.69, 9.17) is 10.2 Å². The third-order valence-corrected chi connectivity index (χ3v) is 3.51. The lowest BCUT2D eigenvalue weighted by Crippen LogP contribution is -2.27. The normalized spacial score (nSPS) is 13.3. The number of nitrogens with zero attached hydrogens (tertiary/aromatic N) is 1. The molecule has 0 heterocycles. The van der Waals surface area contributed by atoms with Gasteiger partial charge in [0, 0.05) is 4.47 Å². The molecule has 1 atom stereocenters. The lowest BCUT2D eigenvalue weighted by atomic mass is 10.0. The predicted octanol–water partition coefficient (Wildman–Crippen LogP) is 3.45. The number of carbonyl (C=O) groups is 2. The van der Waals surface area contributed by atoms with Gasteiger partial charge in [0.2, 0.25) is 0 Å². The summed E-state index contributed by atoms with van der Waals surface area (Å²) >= 11 is 3.33. The van der Waals surface area contributed by atoms with Gasteiger partial charge in [0.05, 0.1) is 5.69 Å². The summed E-state index contributed by atoms with van der Waals surface area (Å²) < 4.78 is 0.639. The van der Waals surface area contributed by atoms with E-state index < -0.39 is 23.6 Å². The lowest BCUT2D eigenvalue weighted by Gasteiger charge is -2.10. The molecule has 0 saturated carbocycles. The van der Waals surface area contributed by atoms with E-state index >= 15 is 0 Å². The molecule has 0 aliphatic carbocycles. The third kappa shape index (κ3) is 3.90. The SMILES string of the molecule is CC(C(=O)O)C(=Nc1ccc(C(C)C)cc1Br)C(=O)O. The Bertz CT molecular complexity index is 566. The summed E-state index contributed by atoms with van der Waals surface area (Å²) in [5.74, 6) is -3.40. The van der Waals surface area contributed by atoms with Crippen molar-refractivity contribution in [1.29, 1.82) is 0 Å². The number of carboxylic acids is 2. The molecule has 0 saturated heterocycles. The number of aliphatic imine (C=N–C) groups is 1. The van der Waals surface area contributed by atoms with Crippen LogP contribution in [0.2, 0.25) is 0 Å². The van der Waals surface area contributed by atoms with Crippen LogP contribution in [0.4, 0.5) is 5.69 Å². The summed E-state index contributed by atoms with van der Waals surface area (Å²) in [4.78, 5) is 26.0. The van der Waals surface area contributed by atoms with Crippen LogP contribution in [0, 0.1) is 5.92 Å². The maximum absolute atomic E-state index is 11.1. The molecule has 0 aromatic heterocycles. The predicted molar refractivity (Wildman–Crippen MR) is 79.8 cm³/mol. The Labute approximate surface area is 125 Å². The molecule has 0 radical (unpaired) electrons. The van der Waals surface area contributed by atoms with Crippen molar-refractivity contribution in [3.8, 4) is 0 Å². The van der Waals surface area contributed by atoms with Crippen LogP contribution in [-0.2, 0) is 9.59 Å². The molecule has 5 nitrogen and oxygen atoms in total. The fourth-order valence-electron chi connectivity index (χ4n) is 1.55. The second kappa shape index (κ2) is 6.65. The fraction of sp³-hybridized carbons (Fsp3) is 0.357. The van der Waals surface area contributed by atoms with E-state index in [1.165, 1.54) is 6.92 Å². The molecule has 0 spiro atoms. The summed E-state index contributed by atoms with van der Waals surface area (Å²) in [6, 6.07) is 5.38. The summed E-state index contributed by atoms with van der Waals surface area (Å²) in [7, 11) is 0. The average Bonchev–Trinajstić information content (AvgIpc) is 2.35. The van der Waals surface area contributed by atoms with E-state index in [0.717, 1.165) is 5.56 Å². The Morgan fingerprint density at radius 1 is 1.20 bits per heavy atom. The van der Waals surface area contributed by atoms with Gasteiger partial charge in [-0.1, -0.05) is 19.9 Å². The molecule has 1 aromatic carbocycles. The number of hydrogen-bond acceptors (Lipinski definition) is 3. The molecule has 2 N–H and O–H groups in total. The Kier molecular flexibility index (Phi) is 5.44. The number of halogens is 1. The minimum Gasteiger partial charge on any atom is -0.481 e. The van der Waals surface area contributed by atoms with Gasteiger partial charge >= 0.3 is 11.9 Å². The van der Waals surface area contributed by atoms with Gasteiger partial charge in [-0.15, -0.1) is 0 Å². The van der Waals surface area contributed by atoms with Crippen molar-refractivity contribution in [3.63, 3.8) is 0 Å². The van der Waals surface area contributed by atoms with Crippen LogP contribution in [0.15, 0.2) is 27.7 Å². The quantitative estimate of drug-likeness (QED) is 0.803. The van der Waals surface area contributed by atoms with Crippen LogP contribution in [0.3, 0.4) is 0 Å². The number of benzene rings is 1. The van der Waals surface area contributed by atoms with E-state index in [9.17, 15) is 9.59 Å². The highest BCUT2D eigenvalue weighted by atomic mass is 79.9. The Balaban J connectivity index is 3.25. The van der Waals surface area contributed by atoms with Crippen molar-refractivity contribution in [3.05, 3.63) is 28.2 Å². The van der Waals surface area contributed by atoms with Crippen molar-refractivity contribution >= 4 is 39.3 Å². The van der Waals surface area contributed by atoms with E-state index in [0.29, 0.717) is 16.1 Å². The van der Waals surface area contributed by atoms with Gasteiger partial charge in [-0.05, 0) is 46.5 Å². The van der Waals surface area contributed by atoms with Crippen molar-refractivity contribution in [1.82, 2.24) is 0 Å². The Hall–Kier alpha value is -1.69. The zero-order valence-corrected chi connectivity index (χ0v) is 13.0. The second-order valence-corrected chi connectivity index (χ2v) is 5.58. The largest absolute Gasteiger partial charge is 0.481 e. The van der Waals surface area contributed by atoms with E-state index in [2.05, 4.69) is 20.9 Å². The second-order valence-electron chi connectivity index (χ2n) is 4.73. The summed E-state index contributed by atoms with van der Waals surface area (Å²) in [5, 5.41) is 18.0. The maximum Gasteiger partial charge on any atom is 0.351 e. The first-order valence-electron chi connectivity index (χ1n) is 6.08. The highest BCUT2D eigenvalue weighted by molar-refractivity contribution is 9.10. The van der Waals surface area contributed by atoms with Gasteiger partial charge < -0.3 is 10.2 Å². The topological polar surface area (TPSA) is 87.0 Å². The highest BCUT2D eigenvalue weighted by Gasteiger charge is 2.24. The van der Waals surface area contributed by atoms with Crippen LogP contribution in [-0.4, -0.2) is 27.9 Å². The van der Waals surface area contributed by atoms with Crippen LogP contribution < -0.4 is 0 Å². The third-order valence-electron chi connectivity index (χ3n) is 2.88. The minimum absolute atomic E-state index is 0.334. The zero-order valence-electron chi connectivity index (χ0n) is 11.4. The Morgan fingerprint density at radius 2 is 1.80 bits per heavy atom. The van der Waals surface area contributed by atoms with Gasteiger partial charge in [0.1, 0.15) is 11.6 Å². The molecule has 0 bridgehead atoms. The van der Waals surface area contributed by atoms with Crippen molar-refractivity contribution in [2.24, 2.45) is 10.9 Å². The molecular formula is C14H16BrNO4. The van der Waals surface area contributed by atoms with Gasteiger partial charge in [0.25, 0.3) is 0 Å². The first-order chi connectivity index (χ1) is 9.23. The molecule has 1 aromatic rings. The van der Waals surface area contributed by atoms with Crippen molar-refractivity contribution in [2.45, 2.75) is 26.7 Å². The number of aliphatic carboxylic acids is 2. The molecule has 1 unspecified atom stereocenters. The average molecular weight is 342 g/mol. The van der Waals surface area contributed by atoms with Crippen LogP contribution in [0.5, 0.6) is 0 Å².